The second-order valence-electron chi connectivity index (χ2n) is 5.60. The van der Waals surface area contributed by atoms with Crippen LogP contribution in [0.25, 0.3) is 12.2 Å². The Morgan fingerprint density at radius 2 is 1.04 bits per heavy atom. The van der Waals surface area contributed by atoms with Gasteiger partial charge in [-0.05, 0) is 37.1 Å². The number of carbonyl (C=O) groups is 2. The Balaban J connectivity index is 1.88. The molecule has 2 aromatic rings. The molecule has 0 spiro atoms. The second-order valence-corrected chi connectivity index (χ2v) is 5.60. The monoisotopic (exact) mass is 304 g/mol. The minimum Gasteiger partial charge on any atom is -0.294 e. The van der Waals surface area contributed by atoms with Crippen molar-refractivity contribution in [3.8, 4) is 0 Å². The average molecular weight is 304 g/mol. The van der Waals surface area contributed by atoms with Crippen molar-refractivity contribution in [2.24, 2.45) is 0 Å². The summed E-state index contributed by atoms with van der Waals surface area (Å²) in [6, 6.07) is 15.7. The summed E-state index contributed by atoms with van der Waals surface area (Å²) in [6.07, 6.45) is 6.28. The van der Waals surface area contributed by atoms with Crippen molar-refractivity contribution in [1.82, 2.24) is 0 Å². The van der Waals surface area contributed by atoms with Crippen molar-refractivity contribution in [2.45, 2.75) is 20.3 Å². The zero-order valence-corrected chi connectivity index (χ0v) is 13.5. The molecule has 0 amide bonds. The van der Waals surface area contributed by atoms with Crippen LogP contribution in [-0.2, 0) is 9.59 Å². The Morgan fingerprint density at radius 1 is 0.696 bits per heavy atom. The van der Waals surface area contributed by atoms with E-state index in [0.717, 1.165) is 11.1 Å². The van der Waals surface area contributed by atoms with E-state index in [1.807, 2.05) is 62.4 Å². The predicted molar refractivity (Wildman–Crippen MR) is 95.1 cm³/mol. The summed E-state index contributed by atoms with van der Waals surface area (Å²) in [5, 5.41) is 0. The number of hydrogen-bond acceptors (Lipinski definition) is 2. The van der Waals surface area contributed by atoms with E-state index in [1.165, 1.54) is 23.3 Å². The van der Waals surface area contributed by atoms with E-state index >= 15 is 0 Å². The Bertz CT molecular complexity index is 667. The van der Waals surface area contributed by atoms with Crippen LogP contribution in [0.4, 0.5) is 0 Å². The van der Waals surface area contributed by atoms with Crippen LogP contribution in [0.5, 0.6) is 0 Å². The highest BCUT2D eigenvalue weighted by atomic mass is 16.1. The summed E-state index contributed by atoms with van der Waals surface area (Å²) in [5.74, 6) is -0.381. The van der Waals surface area contributed by atoms with Gasteiger partial charge in [0.15, 0.2) is 11.6 Å². The average Bonchev–Trinajstić information content (AvgIpc) is 2.54. The lowest BCUT2D eigenvalue weighted by Gasteiger charge is -1.96. The fourth-order valence-corrected chi connectivity index (χ4v) is 2.02. The number of hydrogen-bond donors (Lipinski definition) is 0. The lowest BCUT2D eigenvalue weighted by molar-refractivity contribution is -0.121. The summed E-state index contributed by atoms with van der Waals surface area (Å²) in [7, 11) is 0. The number of aryl methyl sites for hydroxylation is 2. The van der Waals surface area contributed by atoms with E-state index in [2.05, 4.69) is 0 Å². The van der Waals surface area contributed by atoms with Gasteiger partial charge in [0, 0.05) is 0 Å². The predicted octanol–water partition coefficient (Wildman–Crippen LogP) is 4.56. The number of ketones is 2. The third kappa shape index (κ3) is 5.87. The summed E-state index contributed by atoms with van der Waals surface area (Å²) in [6.45, 7) is 4.02. The zero-order chi connectivity index (χ0) is 16.7. The Labute approximate surface area is 137 Å². The molecule has 0 radical (unpaired) electrons. The van der Waals surface area contributed by atoms with Gasteiger partial charge in [0.1, 0.15) is 0 Å². The van der Waals surface area contributed by atoms with Crippen LogP contribution in [-0.4, -0.2) is 11.6 Å². The Morgan fingerprint density at radius 3 is 1.39 bits per heavy atom. The summed E-state index contributed by atoms with van der Waals surface area (Å²) < 4.78 is 0. The molecule has 0 aliphatic rings. The standard InChI is InChI=1S/C21H20O2/c1-16-3-7-18(8-4-16)11-13-20(22)15-21(23)14-12-19-9-5-17(2)6-10-19/h3-14H,15H2,1-2H3. The summed E-state index contributed by atoms with van der Waals surface area (Å²) in [5.41, 5.74) is 4.24. The van der Waals surface area contributed by atoms with Crippen molar-refractivity contribution in [1.29, 1.82) is 0 Å². The lowest BCUT2D eigenvalue weighted by Crippen LogP contribution is -2.01. The Hall–Kier alpha value is -2.74. The highest BCUT2D eigenvalue weighted by molar-refractivity contribution is 6.10. The van der Waals surface area contributed by atoms with Crippen LogP contribution >= 0.6 is 0 Å². The summed E-state index contributed by atoms with van der Waals surface area (Å²) >= 11 is 0. The molecule has 2 nitrogen and oxygen atoms in total. The molecule has 0 aromatic heterocycles. The van der Waals surface area contributed by atoms with Gasteiger partial charge in [-0.25, -0.2) is 0 Å². The van der Waals surface area contributed by atoms with Crippen molar-refractivity contribution in [2.75, 3.05) is 0 Å². The number of benzene rings is 2. The van der Waals surface area contributed by atoms with Crippen molar-refractivity contribution in [3.05, 3.63) is 82.9 Å². The second kappa shape index (κ2) is 8.04. The molecular formula is C21H20O2. The number of rotatable bonds is 6. The van der Waals surface area contributed by atoms with Gasteiger partial charge in [0.2, 0.25) is 0 Å². The maximum atomic E-state index is 11.8. The molecule has 0 fully saturated rings. The first-order valence-corrected chi connectivity index (χ1v) is 7.58. The molecule has 0 bridgehead atoms. The molecule has 0 saturated heterocycles. The van der Waals surface area contributed by atoms with E-state index < -0.39 is 0 Å². The zero-order valence-electron chi connectivity index (χ0n) is 13.5. The largest absolute Gasteiger partial charge is 0.294 e. The topological polar surface area (TPSA) is 34.1 Å². The highest BCUT2D eigenvalue weighted by Gasteiger charge is 2.03. The minimum atomic E-state index is -0.191. The van der Waals surface area contributed by atoms with E-state index in [9.17, 15) is 9.59 Å². The molecular weight excluding hydrogens is 284 g/mol. The molecule has 0 unspecified atom stereocenters. The molecule has 0 aliphatic carbocycles. The van der Waals surface area contributed by atoms with Gasteiger partial charge in [0.25, 0.3) is 0 Å². The molecule has 0 aliphatic heterocycles. The van der Waals surface area contributed by atoms with Gasteiger partial charge < -0.3 is 0 Å². The third-order valence-corrected chi connectivity index (χ3v) is 3.43. The van der Waals surface area contributed by atoms with Crippen LogP contribution in [0.15, 0.2) is 60.7 Å². The van der Waals surface area contributed by atoms with Gasteiger partial charge in [-0.15, -0.1) is 0 Å². The fraction of sp³-hybridized carbons (Fsp3) is 0.143. The van der Waals surface area contributed by atoms with E-state index in [-0.39, 0.29) is 18.0 Å². The fourth-order valence-electron chi connectivity index (χ4n) is 2.02. The van der Waals surface area contributed by atoms with Crippen LogP contribution in [0, 0.1) is 13.8 Å². The lowest BCUT2D eigenvalue weighted by atomic mass is 10.1. The normalized spacial score (nSPS) is 11.2. The van der Waals surface area contributed by atoms with Crippen molar-refractivity contribution >= 4 is 23.7 Å². The molecule has 0 saturated carbocycles. The first kappa shape index (κ1) is 16.6. The minimum absolute atomic E-state index is 0.106. The van der Waals surface area contributed by atoms with Crippen molar-refractivity contribution < 1.29 is 9.59 Å². The van der Waals surface area contributed by atoms with E-state index in [1.54, 1.807) is 12.2 Å². The molecule has 23 heavy (non-hydrogen) atoms. The first-order valence-electron chi connectivity index (χ1n) is 7.58. The van der Waals surface area contributed by atoms with Crippen LogP contribution in [0.2, 0.25) is 0 Å². The number of allylic oxidation sites excluding steroid dienone is 2. The van der Waals surface area contributed by atoms with Crippen LogP contribution in [0.1, 0.15) is 28.7 Å². The SMILES string of the molecule is Cc1ccc(C=CC(=O)CC(=O)C=Cc2ccc(C)cc2)cc1. The molecule has 2 aromatic carbocycles. The van der Waals surface area contributed by atoms with Gasteiger partial charge in [-0.2, -0.15) is 0 Å². The third-order valence-electron chi connectivity index (χ3n) is 3.43. The van der Waals surface area contributed by atoms with Gasteiger partial charge >= 0.3 is 0 Å². The number of carbonyl (C=O) groups excluding carboxylic acids is 2. The van der Waals surface area contributed by atoms with E-state index in [4.69, 9.17) is 0 Å². The van der Waals surface area contributed by atoms with Crippen LogP contribution < -0.4 is 0 Å². The van der Waals surface area contributed by atoms with Gasteiger partial charge in [-0.1, -0.05) is 71.8 Å². The quantitative estimate of drug-likeness (QED) is 0.579. The molecule has 2 heteroatoms. The Kier molecular flexibility index (Phi) is 5.81. The van der Waals surface area contributed by atoms with Crippen molar-refractivity contribution in [3.63, 3.8) is 0 Å². The molecule has 0 N–H and O–H groups in total. The first-order chi connectivity index (χ1) is 11.0. The van der Waals surface area contributed by atoms with Gasteiger partial charge in [-0.3, -0.25) is 9.59 Å². The smallest absolute Gasteiger partial charge is 0.163 e. The highest BCUT2D eigenvalue weighted by Crippen LogP contribution is 2.07. The van der Waals surface area contributed by atoms with Gasteiger partial charge in [0.05, 0.1) is 6.42 Å². The van der Waals surface area contributed by atoms with Crippen LogP contribution in [0.3, 0.4) is 0 Å². The summed E-state index contributed by atoms with van der Waals surface area (Å²) in [4.78, 5) is 23.6. The molecule has 2 rings (SSSR count). The molecule has 0 atom stereocenters. The molecule has 116 valence electrons. The van der Waals surface area contributed by atoms with E-state index in [0.29, 0.717) is 0 Å². The maximum Gasteiger partial charge on any atom is 0.163 e. The molecule has 0 heterocycles. The maximum absolute atomic E-state index is 11.8.